The van der Waals surface area contributed by atoms with Crippen LogP contribution in [0.1, 0.15) is 10.4 Å². The normalized spacial score (nSPS) is 17.2. The van der Waals surface area contributed by atoms with Gasteiger partial charge in [0.15, 0.2) is 0 Å². The van der Waals surface area contributed by atoms with E-state index in [2.05, 4.69) is 9.98 Å². The van der Waals surface area contributed by atoms with Gasteiger partial charge in [0, 0.05) is 6.20 Å². The van der Waals surface area contributed by atoms with E-state index >= 15 is 0 Å². The Hall–Kier alpha value is -2.08. The van der Waals surface area contributed by atoms with E-state index in [9.17, 15) is 9.90 Å². The maximum absolute atomic E-state index is 11.2. The Labute approximate surface area is 108 Å². The molecule has 90 valence electrons. The zero-order chi connectivity index (χ0) is 12.5. The van der Waals surface area contributed by atoms with Crippen LogP contribution in [-0.4, -0.2) is 29.1 Å². The van der Waals surface area contributed by atoms with Gasteiger partial charge in [0.2, 0.25) is 0 Å². The molecule has 5 nitrogen and oxygen atoms in total. The molecule has 0 saturated heterocycles. The minimum Gasteiger partial charge on any atom is -0.478 e. The van der Waals surface area contributed by atoms with E-state index < -0.39 is 5.97 Å². The molecule has 0 spiro atoms. The standard InChI is InChI=1S/C12H9N3O2S/c16-12(17)8-3-1-2-4-9(8)15-6-13-5-10-11(15)14-7-18-10/h1-6H,7H2,(H,16,17). The number of benzene rings is 1. The minimum atomic E-state index is -0.957. The molecule has 2 aliphatic rings. The monoisotopic (exact) mass is 259 g/mol. The first-order valence-corrected chi connectivity index (χ1v) is 6.28. The Morgan fingerprint density at radius 1 is 1.39 bits per heavy atom. The number of carboxylic acids is 1. The van der Waals surface area contributed by atoms with Crippen molar-refractivity contribution in [1.29, 1.82) is 0 Å². The highest BCUT2D eigenvalue weighted by molar-refractivity contribution is 8.04. The third-order valence-corrected chi connectivity index (χ3v) is 3.51. The topological polar surface area (TPSA) is 65.3 Å². The van der Waals surface area contributed by atoms with Crippen LogP contribution in [-0.2, 0) is 0 Å². The second-order valence-electron chi connectivity index (χ2n) is 3.71. The third kappa shape index (κ3) is 1.70. The van der Waals surface area contributed by atoms with Gasteiger partial charge in [-0.1, -0.05) is 23.9 Å². The molecule has 0 unspecified atom stereocenters. The SMILES string of the molecule is O=C(O)c1ccccc1N1C=NC=C2SCN=C21. The summed E-state index contributed by atoms with van der Waals surface area (Å²) in [4.78, 5) is 22.4. The molecular weight excluding hydrogens is 250 g/mol. The fourth-order valence-electron chi connectivity index (χ4n) is 1.86. The molecule has 2 aliphatic heterocycles. The first-order valence-electron chi connectivity index (χ1n) is 5.30. The number of aliphatic imine (C=N–C) groups is 2. The zero-order valence-electron chi connectivity index (χ0n) is 9.28. The van der Waals surface area contributed by atoms with E-state index in [1.165, 1.54) is 0 Å². The van der Waals surface area contributed by atoms with Gasteiger partial charge < -0.3 is 5.11 Å². The maximum Gasteiger partial charge on any atom is 0.337 e. The van der Waals surface area contributed by atoms with Crippen molar-refractivity contribution in [3.05, 3.63) is 40.9 Å². The van der Waals surface area contributed by atoms with Gasteiger partial charge in [-0.05, 0) is 12.1 Å². The Bertz CT molecular complexity index is 607. The first-order chi connectivity index (χ1) is 8.77. The summed E-state index contributed by atoms with van der Waals surface area (Å²) in [6.07, 6.45) is 3.34. The average Bonchev–Trinajstić information content (AvgIpc) is 2.86. The molecular formula is C12H9N3O2S. The zero-order valence-corrected chi connectivity index (χ0v) is 10.1. The largest absolute Gasteiger partial charge is 0.478 e. The van der Waals surface area contributed by atoms with Crippen LogP contribution in [0.25, 0.3) is 0 Å². The number of carbonyl (C=O) groups is 1. The van der Waals surface area contributed by atoms with Crippen molar-refractivity contribution < 1.29 is 9.90 Å². The number of para-hydroxylation sites is 1. The van der Waals surface area contributed by atoms with Crippen molar-refractivity contribution in [1.82, 2.24) is 0 Å². The van der Waals surface area contributed by atoms with Gasteiger partial charge in [-0.15, -0.1) is 0 Å². The molecule has 0 aliphatic carbocycles. The number of fused-ring (bicyclic) bond motifs is 1. The number of nitrogens with zero attached hydrogens (tertiary/aromatic N) is 3. The molecule has 0 bridgehead atoms. The summed E-state index contributed by atoms with van der Waals surface area (Å²) in [5, 5.41) is 9.21. The molecule has 0 atom stereocenters. The average molecular weight is 259 g/mol. The van der Waals surface area contributed by atoms with Crippen LogP contribution < -0.4 is 4.90 Å². The van der Waals surface area contributed by atoms with Crippen molar-refractivity contribution in [3.8, 4) is 0 Å². The predicted octanol–water partition coefficient (Wildman–Crippen LogP) is 2.18. The highest BCUT2D eigenvalue weighted by Gasteiger charge is 2.26. The molecule has 0 saturated carbocycles. The lowest BCUT2D eigenvalue weighted by Crippen LogP contribution is -2.32. The van der Waals surface area contributed by atoms with Crippen molar-refractivity contribution >= 4 is 35.6 Å². The van der Waals surface area contributed by atoms with Crippen molar-refractivity contribution in [2.45, 2.75) is 0 Å². The van der Waals surface area contributed by atoms with E-state index in [0.29, 0.717) is 11.6 Å². The van der Waals surface area contributed by atoms with E-state index in [0.717, 1.165) is 10.7 Å². The molecule has 0 radical (unpaired) electrons. The molecule has 3 rings (SSSR count). The second kappa shape index (κ2) is 4.30. The number of hydrogen-bond donors (Lipinski definition) is 1. The molecule has 18 heavy (non-hydrogen) atoms. The maximum atomic E-state index is 11.2. The van der Waals surface area contributed by atoms with E-state index in [-0.39, 0.29) is 5.56 Å². The Morgan fingerprint density at radius 2 is 2.22 bits per heavy atom. The van der Waals surface area contributed by atoms with Crippen LogP contribution in [0.5, 0.6) is 0 Å². The Morgan fingerprint density at radius 3 is 3.06 bits per heavy atom. The van der Waals surface area contributed by atoms with Gasteiger partial charge in [0.25, 0.3) is 0 Å². The predicted molar refractivity (Wildman–Crippen MR) is 72.3 cm³/mol. The van der Waals surface area contributed by atoms with Gasteiger partial charge >= 0.3 is 5.97 Å². The first kappa shape index (κ1) is 11.0. The highest BCUT2D eigenvalue weighted by atomic mass is 32.2. The van der Waals surface area contributed by atoms with Crippen LogP contribution in [0.2, 0.25) is 0 Å². The Kier molecular flexibility index (Phi) is 2.64. The molecule has 1 aromatic carbocycles. The number of amidine groups is 1. The summed E-state index contributed by atoms with van der Waals surface area (Å²) < 4.78 is 0. The van der Waals surface area contributed by atoms with E-state index in [4.69, 9.17) is 0 Å². The van der Waals surface area contributed by atoms with Crippen molar-refractivity contribution in [3.63, 3.8) is 0 Å². The summed E-state index contributed by atoms with van der Waals surface area (Å²) in [7, 11) is 0. The lowest BCUT2D eigenvalue weighted by molar-refractivity contribution is 0.0698. The molecule has 2 heterocycles. The van der Waals surface area contributed by atoms with Crippen molar-refractivity contribution in [2.24, 2.45) is 9.98 Å². The summed E-state index contributed by atoms with van der Waals surface area (Å²) >= 11 is 1.59. The van der Waals surface area contributed by atoms with Gasteiger partial charge in [0.05, 0.1) is 22.0 Å². The molecule has 0 fully saturated rings. The smallest absolute Gasteiger partial charge is 0.337 e. The van der Waals surface area contributed by atoms with Gasteiger partial charge in [-0.25, -0.2) is 9.79 Å². The fraction of sp³-hybridized carbons (Fsp3) is 0.0833. The van der Waals surface area contributed by atoms with Crippen molar-refractivity contribution in [2.75, 3.05) is 10.8 Å². The third-order valence-electron chi connectivity index (χ3n) is 2.65. The molecule has 0 aromatic heterocycles. The van der Waals surface area contributed by atoms with Crippen LogP contribution in [0.4, 0.5) is 5.69 Å². The number of thioether (sulfide) groups is 1. The van der Waals surface area contributed by atoms with Gasteiger partial charge in [-0.2, -0.15) is 0 Å². The highest BCUT2D eigenvalue weighted by Crippen LogP contribution is 2.31. The molecule has 6 heteroatoms. The Balaban J connectivity index is 2.09. The number of carboxylic acid groups (broad SMARTS) is 1. The number of anilines is 1. The van der Waals surface area contributed by atoms with Crippen LogP contribution >= 0.6 is 11.8 Å². The number of hydrogen-bond acceptors (Lipinski definition) is 5. The summed E-state index contributed by atoms with van der Waals surface area (Å²) in [5.74, 6) is 0.459. The minimum absolute atomic E-state index is 0.241. The van der Waals surface area contributed by atoms with Crippen LogP contribution in [0.3, 0.4) is 0 Å². The van der Waals surface area contributed by atoms with Gasteiger partial charge in [-0.3, -0.25) is 9.89 Å². The summed E-state index contributed by atoms with van der Waals surface area (Å²) in [5.41, 5.74) is 0.824. The molecule has 1 N–H and O–H groups in total. The summed E-state index contributed by atoms with van der Waals surface area (Å²) in [6.45, 7) is 0. The lowest BCUT2D eigenvalue weighted by Gasteiger charge is -2.23. The number of rotatable bonds is 2. The van der Waals surface area contributed by atoms with Crippen LogP contribution in [0.15, 0.2) is 45.4 Å². The quantitative estimate of drug-likeness (QED) is 0.884. The van der Waals surface area contributed by atoms with E-state index in [1.54, 1.807) is 53.5 Å². The van der Waals surface area contributed by atoms with E-state index in [1.807, 2.05) is 0 Å². The summed E-state index contributed by atoms with van der Waals surface area (Å²) in [6, 6.07) is 6.84. The molecule has 0 amide bonds. The second-order valence-corrected chi connectivity index (χ2v) is 4.69. The van der Waals surface area contributed by atoms with Crippen LogP contribution in [0, 0.1) is 0 Å². The number of aromatic carboxylic acids is 1. The lowest BCUT2D eigenvalue weighted by atomic mass is 10.1. The molecule has 1 aromatic rings. The van der Waals surface area contributed by atoms with Gasteiger partial charge in [0.1, 0.15) is 12.2 Å². The fourth-order valence-corrected chi connectivity index (χ4v) is 2.61.